The minimum atomic E-state index is -0.390. The van der Waals surface area contributed by atoms with Gasteiger partial charge in [0.1, 0.15) is 0 Å². The summed E-state index contributed by atoms with van der Waals surface area (Å²) in [6.07, 6.45) is 4.16. The molecular formula is C13H21N5O2. The summed E-state index contributed by atoms with van der Waals surface area (Å²) in [6, 6.07) is 0.0903. The fourth-order valence-electron chi connectivity index (χ4n) is 2.16. The second-order valence-corrected chi connectivity index (χ2v) is 4.74. The first-order chi connectivity index (χ1) is 9.72. The van der Waals surface area contributed by atoms with E-state index in [9.17, 15) is 4.79 Å². The molecule has 2 heterocycles. The molecule has 7 heteroatoms. The van der Waals surface area contributed by atoms with Crippen LogP contribution in [0.5, 0.6) is 0 Å². The monoisotopic (exact) mass is 279 g/mol. The van der Waals surface area contributed by atoms with Gasteiger partial charge in [-0.2, -0.15) is 0 Å². The van der Waals surface area contributed by atoms with Gasteiger partial charge in [-0.1, -0.05) is 6.92 Å². The summed E-state index contributed by atoms with van der Waals surface area (Å²) in [7, 11) is 1.37. The van der Waals surface area contributed by atoms with Gasteiger partial charge in [0, 0.05) is 37.6 Å². The lowest BCUT2D eigenvalue weighted by Crippen LogP contribution is -2.37. The number of ether oxygens (including phenoxy) is 1. The predicted octanol–water partition coefficient (Wildman–Crippen LogP) is 0.521. The Bertz CT molecular complexity index is 437. The third kappa shape index (κ3) is 3.80. The van der Waals surface area contributed by atoms with Crippen molar-refractivity contribution in [2.24, 2.45) is 0 Å². The minimum absolute atomic E-state index is 0.0903. The number of hydrogen-bond acceptors (Lipinski definition) is 6. The highest BCUT2D eigenvalue weighted by Gasteiger charge is 2.25. The molecule has 110 valence electrons. The minimum Gasteiger partial charge on any atom is -0.453 e. The summed E-state index contributed by atoms with van der Waals surface area (Å²) in [4.78, 5) is 22.0. The third-order valence-electron chi connectivity index (χ3n) is 3.25. The first-order valence-corrected chi connectivity index (χ1v) is 6.84. The normalized spacial score (nSPS) is 18.1. The van der Waals surface area contributed by atoms with Crippen LogP contribution in [0.25, 0.3) is 0 Å². The Morgan fingerprint density at radius 2 is 2.25 bits per heavy atom. The molecule has 7 nitrogen and oxygen atoms in total. The lowest BCUT2D eigenvalue weighted by atomic mass is 10.3. The molecule has 0 saturated carbocycles. The number of amides is 1. The smallest absolute Gasteiger partial charge is 0.407 e. The lowest BCUT2D eigenvalue weighted by molar-refractivity contribution is 0.167. The Morgan fingerprint density at radius 3 is 2.90 bits per heavy atom. The quantitative estimate of drug-likeness (QED) is 0.818. The highest BCUT2D eigenvalue weighted by Crippen LogP contribution is 2.15. The number of carbonyl (C=O) groups is 1. The van der Waals surface area contributed by atoms with Crippen molar-refractivity contribution in [3.05, 3.63) is 18.0 Å². The molecule has 1 fully saturated rings. The second-order valence-electron chi connectivity index (χ2n) is 4.74. The highest BCUT2D eigenvalue weighted by molar-refractivity contribution is 5.67. The van der Waals surface area contributed by atoms with E-state index >= 15 is 0 Å². The molecule has 1 aromatic rings. The third-order valence-corrected chi connectivity index (χ3v) is 3.25. The van der Waals surface area contributed by atoms with Crippen LogP contribution in [-0.4, -0.2) is 48.8 Å². The van der Waals surface area contributed by atoms with Crippen molar-refractivity contribution < 1.29 is 9.53 Å². The lowest BCUT2D eigenvalue weighted by Gasteiger charge is -2.16. The summed E-state index contributed by atoms with van der Waals surface area (Å²) in [5.41, 5.74) is 1.07. The molecule has 0 aliphatic carbocycles. The highest BCUT2D eigenvalue weighted by atomic mass is 16.5. The van der Waals surface area contributed by atoms with Gasteiger partial charge in [0.2, 0.25) is 5.95 Å². The fraction of sp³-hybridized carbons (Fsp3) is 0.615. The van der Waals surface area contributed by atoms with Crippen molar-refractivity contribution in [3.63, 3.8) is 0 Å². The van der Waals surface area contributed by atoms with Crippen LogP contribution in [0.2, 0.25) is 0 Å². The number of hydrogen-bond donors (Lipinski definition) is 2. The van der Waals surface area contributed by atoms with Gasteiger partial charge in [-0.3, -0.25) is 0 Å². The van der Waals surface area contributed by atoms with Crippen molar-refractivity contribution in [1.29, 1.82) is 0 Å². The van der Waals surface area contributed by atoms with Gasteiger partial charge in [-0.15, -0.1) is 0 Å². The van der Waals surface area contributed by atoms with Gasteiger partial charge in [-0.25, -0.2) is 14.8 Å². The van der Waals surface area contributed by atoms with E-state index in [0.717, 1.165) is 31.6 Å². The van der Waals surface area contributed by atoms with E-state index in [2.05, 4.69) is 37.2 Å². The van der Waals surface area contributed by atoms with Gasteiger partial charge in [0.15, 0.2) is 0 Å². The average molecular weight is 279 g/mol. The van der Waals surface area contributed by atoms with Crippen molar-refractivity contribution >= 4 is 12.0 Å². The predicted molar refractivity (Wildman–Crippen MR) is 75.6 cm³/mol. The zero-order valence-electron chi connectivity index (χ0n) is 11.9. The topological polar surface area (TPSA) is 79.4 Å². The molecule has 1 amide bonds. The molecule has 1 aliphatic rings. The van der Waals surface area contributed by atoms with E-state index in [1.807, 2.05) is 12.4 Å². The number of anilines is 1. The first kappa shape index (κ1) is 14.5. The zero-order chi connectivity index (χ0) is 14.4. The maximum absolute atomic E-state index is 11.2. The van der Waals surface area contributed by atoms with Gasteiger partial charge in [0.05, 0.1) is 13.2 Å². The van der Waals surface area contributed by atoms with Crippen LogP contribution >= 0.6 is 0 Å². The summed E-state index contributed by atoms with van der Waals surface area (Å²) in [5.74, 6) is 0.708. The molecule has 1 aliphatic heterocycles. The van der Waals surface area contributed by atoms with Crippen molar-refractivity contribution in [3.8, 4) is 0 Å². The van der Waals surface area contributed by atoms with Crippen LogP contribution in [0, 0.1) is 0 Å². The molecule has 0 spiro atoms. The molecule has 1 atom stereocenters. The summed E-state index contributed by atoms with van der Waals surface area (Å²) in [5, 5.41) is 6.03. The summed E-state index contributed by atoms with van der Waals surface area (Å²) in [6.45, 7) is 5.31. The molecule has 0 aromatic carbocycles. The van der Waals surface area contributed by atoms with Crippen LogP contribution in [0.1, 0.15) is 18.9 Å². The van der Waals surface area contributed by atoms with Crippen LogP contribution in [-0.2, 0) is 11.3 Å². The average Bonchev–Trinajstić information content (AvgIpc) is 2.94. The zero-order valence-corrected chi connectivity index (χ0v) is 11.9. The van der Waals surface area contributed by atoms with Crippen molar-refractivity contribution in [1.82, 2.24) is 20.6 Å². The molecule has 0 radical (unpaired) electrons. The van der Waals surface area contributed by atoms with Gasteiger partial charge in [0.25, 0.3) is 0 Å². The first-order valence-electron chi connectivity index (χ1n) is 6.84. The van der Waals surface area contributed by atoms with E-state index in [4.69, 9.17) is 0 Å². The van der Waals surface area contributed by atoms with Gasteiger partial charge in [-0.05, 0) is 13.0 Å². The Balaban J connectivity index is 1.88. The van der Waals surface area contributed by atoms with Crippen LogP contribution in [0.4, 0.5) is 10.7 Å². The summed E-state index contributed by atoms with van der Waals surface area (Å²) < 4.78 is 4.60. The number of carbonyl (C=O) groups excluding carboxylic acids is 1. The summed E-state index contributed by atoms with van der Waals surface area (Å²) >= 11 is 0. The van der Waals surface area contributed by atoms with E-state index in [1.165, 1.54) is 7.11 Å². The number of methoxy groups -OCH3 is 1. The molecule has 20 heavy (non-hydrogen) atoms. The Kier molecular flexibility index (Phi) is 5.11. The number of alkyl carbamates (subject to hydrolysis) is 1. The van der Waals surface area contributed by atoms with Gasteiger partial charge >= 0.3 is 6.09 Å². The second kappa shape index (κ2) is 7.04. The Labute approximate surface area is 118 Å². The molecule has 1 unspecified atom stereocenters. The maximum Gasteiger partial charge on any atom is 0.407 e. The van der Waals surface area contributed by atoms with Crippen molar-refractivity contribution in [2.75, 3.05) is 31.6 Å². The Morgan fingerprint density at radius 1 is 1.50 bits per heavy atom. The fourth-order valence-corrected chi connectivity index (χ4v) is 2.16. The molecule has 1 saturated heterocycles. The Hall–Kier alpha value is -1.89. The van der Waals surface area contributed by atoms with Gasteiger partial charge < -0.3 is 20.3 Å². The standard InChI is InChI=1S/C13H21N5O2/c1-3-14-6-10-7-15-12(16-8-10)18-5-4-11(9-18)17-13(19)20-2/h7-8,11,14H,3-6,9H2,1-2H3,(H,17,19). The van der Waals surface area contributed by atoms with E-state index < -0.39 is 6.09 Å². The maximum atomic E-state index is 11.2. The molecule has 2 N–H and O–H groups in total. The van der Waals surface area contributed by atoms with E-state index in [1.54, 1.807) is 0 Å². The number of rotatable bonds is 5. The molecule has 1 aromatic heterocycles. The van der Waals surface area contributed by atoms with Crippen LogP contribution in [0.15, 0.2) is 12.4 Å². The SMILES string of the molecule is CCNCc1cnc(N2CCC(NC(=O)OC)C2)nc1. The van der Waals surface area contributed by atoms with Crippen LogP contribution < -0.4 is 15.5 Å². The molecular weight excluding hydrogens is 258 g/mol. The largest absolute Gasteiger partial charge is 0.453 e. The molecule has 2 rings (SSSR count). The number of aromatic nitrogens is 2. The van der Waals surface area contributed by atoms with E-state index in [0.29, 0.717) is 12.5 Å². The number of nitrogens with zero attached hydrogens (tertiary/aromatic N) is 3. The van der Waals surface area contributed by atoms with Crippen molar-refractivity contribution in [2.45, 2.75) is 25.9 Å². The van der Waals surface area contributed by atoms with E-state index in [-0.39, 0.29) is 6.04 Å². The number of nitrogens with one attached hydrogen (secondary N) is 2. The van der Waals surface area contributed by atoms with Crippen LogP contribution in [0.3, 0.4) is 0 Å². The molecule has 0 bridgehead atoms.